The van der Waals surface area contributed by atoms with Crippen LogP contribution in [-0.2, 0) is 4.79 Å². The molecular weight excluding hydrogens is 407 g/mol. The van der Waals surface area contributed by atoms with E-state index in [0.717, 1.165) is 62.0 Å². The molecule has 3 rings (SSSR count). The summed E-state index contributed by atoms with van der Waals surface area (Å²) in [5, 5.41) is 9.33. The summed E-state index contributed by atoms with van der Waals surface area (Å²) in [5.74, 6) is -0.351. The molecule has 2 heterocycles. The zero-order chi connectivity index (χ0) is 18.5. The van der Waals surface area contributed by atoms with Gasteiger partial charge in [-0.25, -0.2) is 0 Å². The van der Waals surface area contributed by atoms with Crippen LogP contribution in [0.25, 0.3) is 6.08 Å². The molecule has 0 aromatic heterocycles. The third-order valence-electron chi connectivity index (χ3n) is 4.49. The highest BCUT2D eigenvalue weighted by Crippen LogP contribution is 2.35. The van der Waals surface area contributed by atoms with Crippen LogP contribution in [0.15, 0.2) is 23.1 Å². The van der Waals surface area contributed by atoms with Crippen molar-refractivity contribution in [2.75, 3.05) is 38.1 Å². The van der Waals surface area contributed by atoms with Gasteiger partial charge in [0.15, 0.2) is 0 Å². The van der Waals surface area contributed by atoms with Gasteiger partial charge in [-0.2, -0.15) is 0 Å². The van der Waals surface area contributed by atoms with Gasteiger partial charge >= 0.3 is 0 Å². The van der Waals surface area contributed by atoms with Gasteiger partial charge in [0, 0.05) is 37.8 Å². The fourth-order valence-corrected chi connectivity index (χ4v) is 4.27. The Hall–Kier alpha value is -1.25. The zero-order valence-corrected chi connectivity index (χ0v) is 17.5. The van der Waals surface area contributed by atoms with Crippen LogP contribution in [0.5, 0.6) is 0 Å². The molecule has 2 aliphatic heterocycles. The predicted octanol–water partition coefficient (Wildman–Crippen LogP) is 2.86. The second kappa shape index (κ2) is 10.3. The molecule has 0 aliphatic carbocycles. The van der Waals surface area contributed by atoms with E-state index in [9.17, 15) is 9.59 Å². The Labute approximate surface area is 174 Å². The number of likely N-dealkylation sites (N-methyl/N-ethyl adjacent to an activating group) is 1. The van der Waals surface area contributed by atoms with E-state index in [1.54, 1.807) is 6.08 Å². The average molecular weight is 431 g/mol. The standard InChI is InChI=1S/C18H23ClN4O2S.ClH/c1-20-7-8-21-13-5-3-9-23(11-13)16-12(4-2-6-14(16)19)10-15-17(24)22-18(25)26-15;/h2,4,6,10,13,20-21H,3,5,7-9,11H2,1H3,(H,22,24,25);1H/b15-10-;/t13-;/m1./s1. The number of thioether (sulfide) groups is 1. The molecule has 1 aromatic carbocycles. The number of benzene rings is 1. The van der Waals surface area contributed by atoms with Crippen molar-refractivity contribution in [2.45, 2.75) is 18.9 Å². The van der Waals surface area contributed by atoms with Gasteiger partial charge in [-0.1, -0.05) is 23.7 Å². The van der Waals surface area contributed by atoms with E-state index in [0.29, 0.717) is 16.0 Å². The van der Waals surface area contributed by atoms with Crippen LogP contribution in [0.4, 0.5) is 10.5 Å². The maximum absolute atomic E-state index is 11.9. The van der Waals surface area contributed by atoms with Crippen LogP contribution in [0.2, 0.25) is 5.02 Å². The topological polar surface area (TPSA) is 73.5 Å². The van der Waals surface area contributed by atoms with E-state index < -0.39 is 0 Å². The van der Waals surface area contributed by atoms with E-state index in [4.69, 9.17) is 11.6 Å². The van der Waals surface area contributed by atoms with Crippen molar-refractivity contribution >= 4 is 58.7 Å². The fraction of sp³-hybridized carbons (Fsp3) is 0.444. The zero-order valence-electron chi connectivity index (χ0n) is 15.1. The van der Waals surface area contributed by atoms with Gasteiger partial charge in [0.05, 0.1) is 15.6 Å². The quantitative estimate of drug-likeness (QED) is 0.475. The van der Waals surface area contributed by atoms with Crippen LogP contribution in [-0.4, -0.2) is 50.4 Å². The van der Waals surface area contributed by atoms with Gasteiger partial charge in [-0.3, -0.25) is 14.9 Å². The molecule has 6 nitrogen and oxygen atoms in total. The smallest absolute Gasteiger partial charge is 0.290 e. The highest BCUT2D eigenvalue weighted by Gasteiger charge is 2.27. The van der Waals surface area contributed by atoms with Crippen molar-refractivity contribution in [3.63, 3.8) is 0 Å². The highest BCUT2D eigenvalue weighted by molar-refractivity contribution is 8.18. The normalized spacial score (nSPS) is 21.3. The van der Waals surface area contributed by atoms with E-state index in [1.807, 2.05) is 25.2 Å². The molecule has 0 unspecified atom stereocenters. The van der Waals surface area contributed by atoms with Gasteiger partial charge in [0.2, 0.25) is 0 Å². The lowest BCUT2D eigenvalue weighted by atomic mass is 10.0. The largest absolute Gasteiger partial charge is 0.368 e. The number of anilines is 1. The molecule has 2 fully saturated rings. The molecule has 2 aliphatic rings. The summed E-state index contributed by atoms with van der Waals surface area (Å²) in [5.41, 5.74) is 1.79. The van der Waals surface area contributed by atoms with Gasteiger partial charge in [0.25, 0.3) is 11.1 Å². The van der Waals surface area contributed by atoms with E-state index >= 15 is 0 Å². The summed E-state index contributed by atoms with van der Waals surface area (Å²) in [6.45, 7) is 3.64. The highest BCUT2D eigenvalue weighted by atomic mass is 35.5. The molecule has 148 valence electrons. The van der Waals surface area contributed by atoms with E-state index in [1.165, 1.54) is 0 Å². The molecule has 0 saturated carbocycles. The lowest BCUT2D eigenvalue weighted by Gasteiger charge is -2.36. The summed E-state index contributed by atoms with van der Waals surface area (Å²) < 4.78 is 0. The summed E-state index contributed by atoms with van der Waals surface area (Å²) >= 11 is 7.44. The summed E-state index contributed by atoms with van der Waals surface area (Å²) in [6, 6.07) is 6.07. The minimum absolute atomic E-state index is 0. The number of imide groups is 1. The Morgan fingerprint density at radius 3 is 2.89 bits per heavy atom. The Balaban J connectivity index is 0.00000261. The van der Waals surface area contributed by atoms with Gasteiger partial charge in [0.1, 0.15) is 0 Å². The third-order valence-corrected chi connectivity index (χ3v) is 5.61. The minimum Gasteiger partial charge on any atom is -0.368 e. The first kappa shape index (κ1) is 22.0. The molecule has 2 amide bonds. The van der Waals surface area contributed by atoms with Crippen LogP contribution in [0.3, 0.4) is 0 Å². The Bertz CT molecular complexity index is 729. The van der Waals surface area contributed by atoms with Crippen molar-refractivity contribution < 1.29 is 9.59 Å². The molecule has 0 spiro atoms. The first-order valence-electron chi connectivity index (χ1n) is 8.75. The molecule has 1 atom stereocenters. The Morgan fingerprint density at radius 1 is 1.37 bits per heavy atom. The summed E-state index contributed by atoms with van der Waals surface area (Å²) in [7, 11) is 1.94. The number of piperidine rings is 1. The van der Waals surface area contributed by atoms with Crippen LogP contribution >= 0.6 is 35.8 Å². The first-order chi connectivity index (χ1) is 12.6. The number of nitrogens with zero attached hydrogens (tertiary/aromatic N) is 1. The molecule has 0 bridgehead atoms. The molecular formula is C18H24Cl2N4O2S. The number of rotatable bonds is 6. The number of halogens is 2. The van der Waals surface area contributed by atoms with Gasteiger partial charge in [-0.15, -0.1) is 12.4 Å². The first-order valence-corrected chi connectivity index (χ1v) is 9.94. The van der Waals surface area contributed by atoms with Crippen molar-refractivity contribution in [3.05, 3.63) is 33.7 Å². The van der Waals surface area contributed by atoms with Crippen LogP contribution < -0.4 is 20.9 Å². The second-order valence-corrected chi connectivity index (χ2v) is 7.79. The van der Waals surface area contributed by atoms with E-state index in [2.05, 4.69) is 20.9 Å². The SMILES string of the molecule is CNCCN[C@@H]1CCCN(c2c(Cl)cccc2/C=C2\SC(=O)NC2=O)C1.Cl. The van der Waals surface area contributed by atoms with Crippen LogP contribution in [0, 0.1) is 0 Å². The fourth-order valence-electron chi connectivity index (χ4n) is 3.29. The molecule has 2 saturated heterocycles. The maximum atomic E-state index is 11.9. The number of hydrogen-bond donors (Lipinski definition) is 3. The van der Waals surface area contributed by atoms with Crippen molar-refractivity contribution in [2.24, 2.45) is 0 Å². The van der Waals surface area contributed by atoms with Crippen LogP contribution in [0.1, 0.15) is 18.4 Å². The minimum atomic E-state index is -0.351. The van der Waals surface area contributed by atoms with Crippen molar-refractivity contribution in [3.8, 4) is 0 Å². The molecule has 9 heteroatoms. The monoisotopic (exact) mass is 430 g/mol. The van der Waals surface area contributed by atoms with E-state index in [-0.39, 0.29) is 23.6 Å². The van der Waals surface area contributed by atoms with Gasteiger partial charge in [-0.05, 0) is 43.8 Å². The molecule has 27 heavy (non-hydrogen) atoms. The maximum Gasteiger partial charge on any atom is 0.290 e. The third kappa shape index (κ3) is 5.62. The molecule has 1 aromatic rings. The number of hydrogen-bond acceptors (Lipinski definition) is 6. The Morgan fingerprint density at radius 2 is 2.19 bits per heavy atom. The number of nitrogens with one attached hydrogen (secondary N) is 3. The Kier molecular flexibility index (Phi) is 8.44. The van der Waals surface area contributed by atoms with Gasteiger partial charge < -0.3 is 15.5 Å². The lowest BCUT2D eigenvalue weighted by Crippen LogP contribution is -2.47. The number of amides is 2. The number of para-hydroxylation sites is 1. The second-order valence-electron chi connectivity index (χ2n) is 6.37. The summed E-state index contributed by atoms with van der Waals surface area (Å²) in [6.07, 6.45) is 3.96. The molecule has 0 radical (unpaired) electrons. The number of carbonyl (C=O) groups excluding carboxylic acids is 2. The van der Waals surface area contributed by atoms with Crippen molar-refractivity contribution in [1.82, 2.24) is 16.0 Å². The van der Waals surface area contributed by atoms with Crippen molar-refractivity contribution in [1.29, 1.82) is 0 Å². The lowest BCUT2D eigenvalue weighted by molar-refractivity contribution is -0.115. The molecule has 3 N–H and O–H groups in total. The number of carbonyl (C=O) groups is 2. The average Bonchev–Trinajstić information content (AvgIpc) is 2.93. The predicted molar refractivity (Wildman–Crippen MR) is 115 cm³/mol. The summed E-state index contributed by atoms with van der Waals surface area (Å²) in [4.78, 5) is 26.0.